The number of hydroxylamine groups is 1. The van der Waals surface area contributed by atoms with Crippen molar-refractivity contribution in [1.29, 1.82) is 5.41 Å². The summed E-state index contributed by atoms with van der Waals surface area (Å²) in [5.41, 5.74) is 4.38. The molecule has 0 fully saturated rings. The first-order chi connectivity index (χ1) is 6.22. The summed E-state index contributed by atoms with van der Waals surface area (Å²) < 4.78 is 0.278. The fourth-order valence-corrected chi connectivity index (χ4v) is 2.40. The quantitative estimate of drug-likeness (QED) is 0.317. The van der Waals surface area contributed by atoms with E-state index in [0.717, 1.165) is 5.21 Å². The van der Waals surface area contributed by atoms with E-state index in [9.17, 15) is 0 Å². The van der Waals surface area contributed by atoms with Crippen molar-refractivity contribution in [1.82, 2.24) is 5.48 Å². The van der Waals surface area contributed by atoms with Gasteiger partial charge in [-0.25, -0.2) is 0 Å². The number of benzene rings is 1. The molecule has 13 heavy (non-hydrogen) atoms. The van der Waals surface area contributed by atoms with Crippen molar-refractivity contribution in [3.63, 3.8) is 0 Å². The molecule has 0 saturated carbocycles. The van der Waals surface area contributed by atoms with E-state index in [0.29, 0.717) is 0 Å². The third kappa shape index (κ3) is 3.62. The van der Waals surface area contributed by atoms with E-state index in [-0.39, 0.29) is 4.62 Å². The second-order valence-electron chi connectivity index (χ2n) is 2.83. The van der Waals surface area contributed by atoms with E-state index in [1.54, 1.807) is 0 Å². The topological polar surface area (TPSA) is 56.1 Å². The molecule has 4 heteroatoms. The summed E-state index contributed by atoms with van der Waals surface area (Å²) in [5, 5.41) is 16.5. The zero-order valence-corrected chi connectivity index (χ0v) is 9.56. The van der Waals surface area contributed by atoms with Crippen LogP contribution in [-0.4, -0.2) is 25.6 Å². The van der Waals surface area contributed by atoms with Crippen LogP contribution < -0.4 is 5.48 Å². The van der Waals surface area contributed by atoms with E-state index in [1.807, 2.05) is 5.48 Å². The molecule has 0 aliphatic carbocycles. The average molecular weight is 240 g/mol. The number of hydrogen-bond acceptors (Lipinski definition) is 2. The van der Waals surface area contributed by atoms with Gasteiger partial charge in [0, 0.05) is 0 Å². The Labute approximate surface area is 84.3 Å². The van der Waals surface area contributed by atoms with Crippen molar-refractivity contribution in [2.24, 2.45) is 0 Å². The fourth-order valence-electron chi connectivity index (χ4n) is 0.936. The Balaban J connectivity index is 2.46. The first kappa shape index (κ1) is 10.3. The van der Waals surface area contributed by atoms with Crippen molar-refractivity contribution >= 4 is 20.4 Å². The number of nitrogens with one attached hydrogen (secondary N) is 2. The molecule has 3 nitrogen and oxygen atoms in total. The van der Waals surface area contributed by atoms with Crippen LogP contribution in [0.3, 0.4) is 0 Å². The number of aryl methyl sites for hydroxylation is 1. The molecule has 1 rings (SSSR count). The molecular formula is C9H13AsN2O. The Kier molecular flexibility index (Phi) is 4.00. The molecule has 1 unspecified atom stereocenters. The van der Waals surface area contributed by atoms with Gasteiger partial charge in [0.1, 0.15) is 0 Å². The summed E-state index contributed by atoms with van der Waals surface area (Å²) >= 11 is -0.533. The molecule has 0 radical (unpaired) electrons. The van der Waals surface area contributed by atoms with Gasteiger partial charge in [-0.05, 0) is 0 Å². The summed E-state index contributed by atoms with van der Waals surface area (Å²) in [7, 11) is 0. The zero-order valence-electron chi connectivity index (χ0n) is 7.46. The minimum atomic E-state index is -0.533. The van der Waals surface area contributed by atoms with Crippen molar-refractivity contribution in [3.05, 3.63) is 35.4 Å². The predicted octanol–water partition coefficient (Wildman–Crippen LogP) is 0.845. The Morgan fingerprint density at radius 3 is 2.62 bits per heavy atom. The molecule has 3 N–H and O–H groups in total. The normalized spacial score (nSPS) is 10.6. The van der Waals surface area contributed by atoms with Gasteiger partial charge in [-0.15, -0.1) is 0 Å². The van der Waals surface area contributed by atoms with Crippen LogP contribution >= 0.6 is 0 Å². The van der Waals surface area contributed by atoms with Gasteiger partial charge in [0.15, 0.2) is 0 Å². The molecule has 0 aliphatic rings. The van der Waals surface area contributed by atoms with Gasteiger partial charge in [0.25, 0.3) is 0 Å². The van der Waals surface area contributed by atoms with Gasteiger partial charge in [-0.3, -0.25) is 0 Å². The summed E-state index contributed by atoms with van der Waals surface area (Å²) in [4.78, 5) is 0. The maximum atomic E-state index is 8.41. The average Bonchev–Trinajstić information content (AvgIpc) is 2.16. The van der Waals surface area contributed by atoms with Crippen LogP contribution in [0.5, 0.6) is 0 Å². The van der Waals surface area contributed by atoms with Crippen molar-refractivity contribution in [2.75, 3.05) is 0 Å². The molecule has 0 aliphatic heterocycles. The van der Waals surface area contributed by atoms with Gasteiger partial charge in [-0.2, -0.15) is 0 Å². The van der Waals surface area contributed by atoms with E-state index in [4.69, 9.17) is 10.6 Å². The summed E-state index contributed by atoms with van der Waals surface area (Å²) in [6, 6.07) is 8.28. The van der Waals surface area contributed by atoms with Gasteiger partial charge in [-0.1, -0.05) is 0 Å². The van der Waals surface area contributed by atoms with Crippen molar-refractivity contribution in [2.45, 2.75) is 12.1 Å². The van der Waals surface area contributed by atoms with E-state index in [1.165, 1.54) is 11.1 Å². The number of amidine groups is 1. The van der Waals surface area contributed by atoms with Crippen LogP contribution in [0.1, 0.15) is 11.1 Å². The first-order valence-electron chi connectivity index (χ1n) is 4.00. The third-order valence-electron chi connectivity index (χ3n) is 1.70. The molecule has 1 aromatic carbocycles. The Morgan fingerprint density at radius 1 is 1.46 bits per heavy atom. The Hall–Kier alpha value is -0.792. The second-order valence-corrected chi connectivity index (χ2v) is 5.36. The van der Waals surface area contributed by atoms with Gasteiger partial charge >= 0.3 is 84.0 Å². The van der Waals surface area contributed by atoms with Crippen LogP contribution in [0, 0.1) is 12.3 Å². The number of hydrogen-bond donors (Lipinski definition) is 3. The minimum absolute atomic E-state index is 0.278. The maximum absolute atomic E-state index is 8.41. The standard InChI is InChI=1S/C9H13AsN2O/c1-7-2-4-8(5-3-7)6-10-9(11)12-13/h2-5,10,13H,6H2,1H3,(H2,11,12). The summed E-state index contributed by atoms with van der Waals surface area (Å²) in [6.45, 7) is 2.05. The molecule has 0 bridgehead atoms. The molecule has 0 heterocycles. The van der Waals surface area contributed by atoms with E-state index < -0.39 is 15.8 Å². The van der Waals surface area contributed by atoms with E-state index >= 15 is 0 Å². The van der Waals surface area contributed by atoms with Gasteiger partial charge in [0.2, 0.25) is 0 Å². The molecule has 0 amide bonds. The molecule has 1 atom stereocenters. The predicted molar refractivity (Wildman–Crippen MR) is 54.7 cm³/mol. The molecule has 0 saturated heterocycles. The van der Waals surface area contributed by atoms with Crippen LogP contribution in [0.15, 0.2) is 24.3 Å². The monoisotopic (exact) mass is 240 g/mol. The number of rotatable bonds is 3. The van der Waals surface area contributed by atoms with Crippen LogP contribution in [0.4, 0.5) is 0 Å². The van der Waals surface area contributed by atoms with Crippen LogP contribution in [0.2, 0.25) is 0 Å². The summed E-state index contributed by atoms with van der Waals surface area (Å²) in [5.74, 6) is 0. The fraction of sp³-hybridized carbons (Fsp3) is 0.222. The molecule has 0 aromatic heterocycles. The Morgan fingerprint density at radius 2 is 2.08 bits per heavy atom. The second kappa shape index (κ2) is 5.05. The molecule has 70 valence electrons. The molecule has 0 spiro atoms. The van der Waals surface area contributed by atoms with E-state index in [2.05, 4.69) is 31.2 Å². The van der Waals surface area contributed by atoms with Gasteiger partial charge < -0.3 is 0 Å². The van der Waals surface area contributed by atoms with Crippen LogP contribution in [0.25, 0.3) is 0 Å². The zero-order chi connectivity index (χ0) is 9.68. The Bertz CT molecular complexity index is 284. The molecule has 1 aromatic rings. The van der Waals surface area contributed by atoms with Crippen LogP contribution in [-0.2, 0) is 5.21 Å². The SMILES string of the molecule is Cc1ccc(C[AsH]C(=N)NO)cc1. The molecular weight excluding hydrogens is 227 g/mol. The third-order valence-corrected chi connectivity index (χ3v) is 3.91. The van der Waals surface area contributed by atoms with Crippen molar-refractivity contribution in [3.8, 4) is 0 Å². The van der Waals surface area contributed by atoms with Gasteiger partial charge in [0.05, 0.1) is 0 Å². The first-order valence-corrected chi connectivity index (χ1v) is 6.53. The summed E-state index contributed by atoms with van der Waals surface area (Å²) in [6.07, 6.45) is 0. The van der Waals surface area contributed by atoms with Crippen molar-refractivity contribution < 1.29 is 5.21 Å².